The van der Waals surface area contributed by atoms with Crippen LogP contribution in [0.3, 0.4) is 0 Å². The van der Waals surface area contributed by atoms with Gasteiger partial charge < -0.3 is 19.9 Å². The molecule has 0 aliphatic heterocycles. The molecule has 0 spiro atoms. The van der Waals surface area contributed by atoms with Gasteiger partial charge in [0.25, 0.3) is 0 Å². The molecule has 0 saturated heterocycles. The third kappa shape index (κ3) is 4.04. The maximum atomic E-state index is 11.4. The zero-order valence-corrected chi connectivity index (χ0v) is 11.2. The first kappa shape index (κ1) is 15.6. The number of carboxylic acids is 1. The Hall–Kier alpha value is -2.44. The molecule has 1 rings (SSSR count). The van der Waals surface area contributed by atoms with Gasteiger partial charge >= 0.3 is 5.97 Å². The average molecular weight is 280 g/mol. The highest BCUT2D eigenvalue weighted by atomic mass is 16.5. The first-order valence-electron chi connectivity index (χ1n) is 5.83. The van der Waals surface area contributed by atoms with Gasteiger partial charge in [0.15, 0.2) is 0 Å². The smallest absolute Gasteiger partial charge is 0.325 e. The topological polar surface area (TPSA) is 117 Å². The van der Waals surface area contributed by atoms with Crippen LogP contribution in [-0.4, -0.2) is 38.4 Å². The third-order valence-electron chi connectivity index (χ3n) is 2.62. The van der Waals surface area contributed by atoms with Crippen LogP contribution in [0.1, 0.15) is 11.6 Å². The Kier molecular flexibility index (Phi) is 6.15. The van der Waals surface area contributed by atoms with E-state index in [2.05, 4.69) is 15.3 Å². The number of hydrogen-bond acceptors (Lipinski definition) is 5. The molecule has 0 aliphatic rings. The second-order valence-corrected chi connectivity index (χ2v) is 3.79. The second kappa shape index (κ2) is 7.88. The molecule has 108 valence electrons. The van der Waals surface area contributed by atoms with Gasteiger partial charge in [0.1, 0.15) is 17.5 Å². The monoisotopic (exact) mass is 280 g/mol. The highest BCUT2D eigenvalue weighted by Gasteiger charge is 2.23. The Morgan fingerprint density at radius 1 is 1.50 bits per heavy atom. The van der Waals surface area contributed by atoms with E-state index in [9.17, 15) is 9.90 Å². The van der Waals surface area contributed by atoms with Gasteiger partial charge in [0.2, 0.25) is 0 Å². The fraction of sp³-hybridized carbons (Fsp3) is 0.417. The van der Waals surface area contributed by atoms with Crippen LogP contribution in [0.25, 0.3) is 10.4 Å². The fourth-order valence-electron chi connectivity index (χ4n) is 1.70. The van der Waals surface area contributed by atoms with E-state index >= 15 is 0 Å². The summed E-state index contributed by atoms with van der Waals surface area (Å²) in [5.41, 5.74) is 8.63. The van der Waals surface area contributed by atoms with Crippen LogP contribution in [0.4, 0.5) is 0 Å². The number of aliphatic carboxylic acids is 1. The zero-order valence-electron chi connectivity index (χ0n) is 11.2. The Labute approximate surface area is 115 Å². The summed E-state index contributed by atoms with van der Waals surface area (Å²) in [7, 11) is 2.96. The standard InChI is InChI=1S/C12H16N4O4/c1-19-8-3-4-10(20-2)9(7-8)11(12(17)18)14-5-6-15-16-13/h3-4,7,11,14H,5-6H2,1-2H3,(H,17,18). The minimum absolute atomic E-state index is 0.159. The summed E-state index contributed by atoms with van der Waals surface area (Å²) in [6.07, 6.45) is 0. The van der Waals surface area contributed by atoms with E-state index in [0.29, 0.717) is 17.1 Å². The van der Waals surface area contributed by atoms with Crippen molar-refractivity contribution in [2.75, 3.05) is 27.3 Å². The number of nitrogens with one attached hydrogen (secondary N) is 1. The average Bonchev–Trinajstić information content (AvgIpc) is 2.46. The van der Waals surface area contributed by atoms with Gasteiger partial charge in [-0.15, -0.1) is 0 Å². The zero-order chi connectivity index (χ0) is 15.0. The van der Waals surface area contributed by atoms with Gasteiger partial charge in [0, 0.05) is 23.6 Å². The predicted octanol–water partition coefficient (Wildman–Crippen LogP) is 1.73. The van der Waals surface area contributed by atoms with E-state index in [-0.39, 0.29) is 13.1 Å². The molecule has 20 heavy (non-hydrogen) atoms. The lowest BCUT2D eigenvalue weighted by atomic mass is 10.1. The van der Waals surface area contributed by atoms with Gasteiger partial charge in [-0.05, 0) is 23.7 Å². The van der Waals surface area contributed by atoms with Crippen LogP contribution in [0.5, 0.6) is 11.5 Å². The molecule has 1 aromatic rings. The van der Waals surface area contributed by atoms with E-state index < -0.39 is 12.0 Å². The van der Waals surface area contributed by atoms with Crippen LogP contribution in [-0.2, 0) is 4.79 Å². The van der Waals surface area contributed by atoms with Gasteiger partial charge in [-0.3, -0.25) is 4.79 Å². The summed E-state index contributed by atoms with van der Waals surface area (Å²) in [6.45, 7) is 0.397. The summed E-state index contributed by atoms with van der Waals surface area (Å²) >= 11 is 0. The van der Waals surface area contributed by atoms with Crippen LogP contribution < -0.4 is 14.8 Å². The minimum atomic E-state index is -1.06. The molecule has 0 fully saturated rings. The molecule has 0 heterocycles. The summed E-state index contributed by atoms with van der Waals surface area (Å²) in [5.74, 6) is -0.0872. The Balaban J connectivity index is 3.00. The van der Waals surface area contributed by atoms with Crippen molar-refractivity contribution in [3.8, 4) is 11.5 Å². The van der Waals surface area contributed by atoms with Crippen LogP contribution >= 0.6 is 0 Å². The van der Waals surface area contributed by atoms with E-state index in [1.54, 1.807) is 18.2 Å². The Bertz CT molecular complexity index is 514. The number of carboxylic acid groups (broad SMARTS) is 1. The minimum Gasteiger partial charge on any atom is -0.497 e. The number of hydrogen-bond donors (Lipinski definition) is 2. The lowest BCUT2D eigenvalue weighted by Crippen LogP contribution is -2.30. The quantitative estimate of drug-likeness (QED) is 0.325. The SMILES string of the molecule is COc1ccc(OC)c(C(NCCN=[N+]=[N-])C(=O)O)c1. The van der Waals surface area contributed by atoms with Crippen LogP contribution in [0, 0.1) is 0 Å². The van der Waals surface area contributed by atoms with Crippen molar-refractivity contribution in [3.05, 3.63) is 34.2 Å². The maximum absolute atomic E-state index is 11.4. The van der Waals surface area contributed by atoms with Crippen molar-refractivity contribution in [1.29, 1.82) is 0 Å². The van der Waals surface area contributed by atoms with Gasteiger partial charge in [-0.1, -0.05) is 5.11 Å². The van der Waals surface area contributed by atoms with Crippen molar-refractivity contribution in [2.24, 2.45) is 5.11 Å². The van der Waals surface area contributed by atoms with Gasteiger partial charge in [0.05, 0.1) is 14.2 Å². The molecular formula is C12H16N4O4. The van der Waals surface area contributed by atoms with Gasteiger partial charge in [-0.2, -0.15) is 0 Å². The van der Waals surface area contributed by atoms with Crippen molar-refractivity contribution >= 4 is 5.97 Å². The molecule has 0 radical (unpaired) electrons. The number of methoxy groups -OCH3 is 2. The highest BCUT2D eigenvalue weighted by Crippen LogP contribution is 2.29. The molecule has 0 amide bonds. The summed E-state index contributed by atoms with van der Waals surface area (Å²) in [4.78, 5) is 14.0. The molecule has 0 bridgehead atoms. The van der Waals surface area contributed by atoms with Crippen molar-refractivity contribution in [1.82, 2.24) is 5.32 Å². The van der Waals surface area contributed by atoms with E-state index in [1.165, 1.54) is 14.2 Å². The second-order valence-electron chi connectivity index (χ2n) is 3.79. The Morgan fingerprint density at radius 2 is 2.25 bits per heavy atom. The normalized spacial score (nSPS) is 11.3. The third-order valence-corrected chi connectivity index (χ3v) is 2.62. The molecule has 0 saturated carbocycles. The summed E-state index contributed by atoms with van der Waals surface area (Å²) in [6, 6.07) is 3.94. The van der Waals surface area contributed by atoms with Crippen LogP contribution in [0.2, 0.25) is 0 Å². The molecule has 1 atom stereocenters. The first-order valence-corrected chi connectivity index (χ1v) is 5.83. The van der Waals surface area contributed by atoms with E-state index in [0.717, 1.165) is 0 Å². The number of azide groups is 1. The Morgan fingerprint density at radius 3 is 2.80 bits per heavy atom. The van der Waals surface area contributed by atoms with E-state index in [1.807, 2.05) is 0 Å². The van der Waals surface area contributed by atoms with Gasteiger partial charge in [-0.25, -0.2) is 0 Å². The molecule has 1 aromatic carbocycles. The maximum Gasteiger partial charge on any atom is 0.325 e. The molecule has 8 nitrogen and oxygen atoms in total. The van der Waals surface area contributed by atoms with Crippen LogP contribution in [0.15, 0.2) is 23.3 Å². The van der Waals surface area contributed by atoms with Crippen molar-refractivity contribution in [2.45, 2.75) is 6.04 Å². The van der Waals surface area contributed by atoms with Crippen molar-refractivity contribution < 1.29 is 19.4 Å². The number of ether oxygens (including phenoxy) is 2. The lowest BCUT2D eigenvalue weighted by Gasteiger charge is -2.18. The van der Waals surface area contributed by atoms with Crippen molar-refractivity contribution in [3.63, 3.8) is 0 Å². The number of carbonyl (C=O) groups is 1. The summed E-state index contributed by atoms with van der Waals surface area (Å²) < 4.78 is 10.2. The fourth-order valence-corrected chi connectivity index (χ4v) is 1.70. The largest absolute Gasteiger partial charge is 0.497 e. The number of nitrogens with zero attached hydrogens (tertiary/aromatic N) is 3. The molecule has 0 aromatic heterocycles. The predicted molar refractivity (Wildman–Crippen MR) is 71.9 cm³/mol. The molecular weight excluding hydrogens is 264 g/mol. The summed E-state index contributed by atoms with van der Waals surface area (Å²) in [5, 5.41) is 15.4. The number of rotatable bonds is 8. The first-order chi connectivity index (χ1) is 9.63. The number of benzene rings is 1. The van der Waals surface area contributed by atoms with E-state index in [4.69, 9.17) is 15.0 Å². The molecule has 8 heteroatoms. The lowest BCUT2D eigenvalue weighted by molar-refractivity contribution is -0.139. The molecule has 1 unspecified atom stereocenters. The highest BCUT2D eigenvalue weighted by molar-refractivity contribution is 5.77. The molecule has 0 aliphatic carbocycles. The molecule has 2 N–H and O–H groups in total.